The molecule has 1 saturated carbocycles. The van der Waals surface area contributed by atoms with E-state index in [9.17, 15) is 5.26 Å². The lowest BCUT2D eigenvalue weighted by molar-refractivity contribution is 0.842. The first-order valence-corrected chi connectivity index (χ1v) is 4.84. The molecule has 1 aromatic rings. The van der Waals surface area contributed by atoms with Crippen LogP contribution in [0.25, 0.3) is 0 Å². The molecule has 1 heteroatoms. The molecule has 0 N–H and O–H groups in total. The predicted molar refractivity (Wildman–Crippen MR) is 56.8 cm³/mol. The largest absolute Gasteiger partial charge is 0.197 e. The summed E-state index contributed by atoms with van der Waals surface area (Å²) in [5, 5.41) is 9.18. The Kier molecular flexibility index (Phi) is 1.93. The van der Waals surface area contributed by atoms with Crippen LogP contribution in [0.3, 0.4) is 0 Å². The quantitative estimate of drug-likeness (QED) is 0.647. The fourth-order valence-corrected chi connectivity index (χ4v) is 1.95. The van der Waals surface area contributed by atoms with Crippen LogP contribution in [-0.4, -0.2) is 0 Å². The number of allylic oxidation sites excluding steroid dienone is 1. The van der Waals surface area contributed by atoms with Gasteiger partial charge in [-0.2, -0.15) is 5.26 Å². The zero-order valence-corrected chi connectivity index (χ0v) is 8.33. The van der Waals surface area contributed by atoms with Crippen molar-refractivity contribution in [3.8, 4) is 6.07 Å². The number of benzene rings is 1. The van der Waals surface area contributed by atoms with Crippen molar-refractivity contribution in [2.45, 2.75) is 18.8 Å². The average Bonchev–Trinajstić information content (AvgIpc) is 2.94. The number of aryl methyl sites for hydroxylation is 1. The number of nitrogens with zero attached hydrogens (tertiary/aromatic N) is 1. The molecule has 0 spiro atoms. The summed E-state index contributed by atoms with van der Waals surface area (Å²) in [7, 11) is 0. The van der Waals surface area contributed by atoms with Crippen LogP contribution in [0.4, 0.5) is 0 Å². The highest BCUT2D eigenvalue weighted by molar-refractivity contribution is 5.44. The molecule has 0 aliphatic heterocycles. The molecule has 0 saturated heterocycles. The molecule has 1 aromatic carbocycles. The smallest absolute Gasteiger partial charge is 0.0891 e. The minimum atomic E-state index is -0.268. The number of nitriles is 1. The molecule has 1 fully saturated rings. The van der Waals surface area contributed by atoms with Gasteiger partial charge in [0, 0.05) is 5.92 Å². The Morgan fingerprint density at radius 2 is 2.14 bits per heavy atom. The molecule has 0 aromatic heterocycles. The molecule has 2 rings (SSSR count). The molecule has 14 heavy (non-hydrogen) atoms. The molecule has 0 amide bonds. The Labute approximate surface area is 84.7 Å². The predicted octanol–water partition coefficient (Wildman–Crippen LogP) is 2.96. The summed E-state index contributed by atoms with van der Waals surface area (Å²) in [6, 6.07) is 10.7. The molecule has 2 atom stereocenters. The summed E-state index contributed by atoms with van der Waals surface area (Å²) in [6.45, 7) is 5.81. The Balaban J connectivity index is 2.36. The maximum Gasteiger partial charge on any atom is 0.0891 e. The van der Waals surface area contributed by atoms with Gasteiger partial charge in [-0.25, -0.2) is 0 Å². The second kappa shape index (κ2) is 2.99. The van der Waals surface area contributed by atoms with Gasteiger partial charge in [0.2, 0.25) is 0 Å². The highest BCUT2D eigenvalue weighted by Gasteiger charge is 2.54. The SMILES string of the molecule is C=CC1CC1(C#N)c1ccc(C)cc1. The van der Waals surface area contributed by atoms with Gasteiger partial charge in [0.05, 0.1) is 11.5 Å². The number of hydrogen-bond donors (Lipinski definition) is 0. The molecule has 1 aliphatic rings. The molecule has 0 radical (unpaired) electrons. The topological polar surface area (TPSA) is 23.8 Å². The fraction of sp³-hybridized carbons (Fsp3) is 0.308. The van der Waals surface area contributed by atoms with Crippen LogP contribution in [0.15, 0.2) is 36.9 Å². The summed E-state index contributed by atoms with van der Waals surface area (Å²) in [5.41, 5.74) is 2.10. The maximum absolute atomic E-state index is 9.18. The van der Waals surface area contributed by atoms with Gasteiger partial charge in [0.1, 0.15) is 0 Å². The van der Waals surface area contributed by atoms with Crippen molar-refractivity contribution < 1.29 is 0 Å². The molecule has 1 nitrogen and oxygen atoms in total. The molecule has 0 bridgehead atoms. The molecule has 2 unspecified atom stereocenters. The van der Waals surface area contributed by atoms with E-state index >= 15 is 0 Å². The van der Waals surface area contributed by atoms with Crippen molar-refractivity contribution in [2.24, 2.45) is 5.92 Å². The zero-order chi connectivity index (χ0) is 10.2. The highest BCUT2D eigenvalue weighted by atomic mass is 14.6. The Morgan fingerprint density at radius 3 is 2.57 bits per heavy atom. The highest BCUT2D eigenvalue weighted by Crippen LogP contribution is 2.54. The van der Waals surface area contributed by atoms with E-state index in [1.54, 1.807) is 0 Å². The zero-order valence-electron chi connectivity index (χ0n) is 8.33. The van der Waals surface area contributed by atoms with Gasteiger partial charge < -0.3 is 0 Å². The third-order valence-corrected chi connectivity index (χ3v) is 3.07. The van der Waals surface area contributed by atoms with E-state index in [-0.39, 0.29) is 5.41 Å². The normalized spacial score (nSPS) is 29.3. The van der Waals surface area contributed by atoms with Crippen LogP contribution < -0.4 is 0 Å². The van der Waals surface area contributed by atoms with Gasteiger partial charge in [0.15, 0.2) is 0 Å². The Hall–Kier alpha value is -1.55. The van der Waals surface area contributed by atoms with E-state index in [2.05, 4.69) is 43.8 Å². The van der Waals surface area contributed by atoms with E-state index in [1.165, 1.54) is 5.56 Å². The number of hydrogen-bond acceptors (Lipinski definition) is 1. The fourth-order valence-electron chi connectivity index (χ4n) is 1.95. The van der Waals surface area contributed by atoms with Crippen molar-refractivity contribution in [1.82, 2.24) is 0 Å². The standard InChI is InChI=1S/C13H13N/c1-3-11-8-13(11,9-14)12-6-4-10(2)5-7-12/h3-7,11H,1,8H2,2H3. The third-order valence-electron chi connectivity index (χ3n) is 3.07. The van der Waals surface area contributed by atoms with Gasteiger partial charge in [-0.1, -0.05) is 35.9 Å². The molecule has 0 heterocycles. The van der Waals surface area contributed by atoms with Crippen molar-refractivity contribution in [2.75, 3.05) is 0 Å². The molecule has 1 aliphatic carbocycles. The summed E-state index contributed by atoms with van der Waals surface area (Å²) >= 11 is 0. The summed E-state index contributed by atoms with van der Waals surface area (Å²) in [4.78, 5) is 0. The van der Waals surface area contributed by atoms with Crippen molar-refractivity contribution in [3.05, 3.63) is 48.0 Å². The molecular formula is C13H13N. The van der Waals surface area contributed by atoms with E-state index < -0.39 is 0 Å². The average molecular weight is 183 g/mol. The van der Waals surface area contributed by atoms with Crippen molar-refractivity contribution in [3.63, 3.8) is 0 Å². The van der Waals surface area contributed by atoms with Crippen LogP contribution in [0.5, 0.6) is 0 Å². The van der Waals surface area contributed by atoms with Crippen LogP contribution in [0.1, 0.15) is 17.5 Å². The third kappa shape index (κ3) is 1.15. The minimum absolute atomic E-state index is 0.268. The number of rotatable bonds is 2. The summed E-state index contributed by atoms with van der Waals surface area (Å²) in [6.07, 6.45) is 2.82. The van der Waals surface area contributed by atoms with E-state index in [4.69, 9.17) is 0 Å². The van der Waals surface area contributed by atoms with E-state index in [1.807, 2.05) is 6.08 Å². The van der Waals surface area contributed by atoms with E-state index in [0.29, 0.717) is 5.92 Å². The summed E-state index contributed by atoms with van der Waals surface area (Å²) in [5.74, 6) is 0.343. The lowest BCUT2D eigenvalue weighted by Gasteiger charge is -2.07. The van der Waals surface area contributed by atoms with Gasteiger partial charge in [-0.3, -0.25) is 0 Å². The summed E-state index contributed by atoms with van der Waals surface area (Å²) < 4.78 is 0. The van der Waals surface area contributed by atoms with Gasteiger partial charge in [0.25, 0.3) is 0 Å². The Morgan fingerprint density at radius 1 is 1.50 bits per heavy atom. The second-order valence-corrected chi connectivity index (χ2v) is 4.00. The minimum Gasteiger partial charge on any atom is -0.197 e. The van der Waals surface area contributed by atoms with Crippen LogP contribution in [0, 0.1) is 24.2 Å². The van der Waals surface area contributed by atoms with Gasteiger partial charge in [-0.05, 0) is 18.9 Å². The lowest BCUT2D eigenvalue weighted by atomic mass is 9.94. The Bertz CT molecular complexity index is 396. The first-order valence-electron chi connectivity index (χ1n) is 4.84. The maximum atomic E-state index is 9.18. The lowest BCUT2D eigenvalue weighted by Crippen LogP contribution is -2.05. The van der Waals surface area contributed by atoms with E-state index in [0.717, 1.165) is 12.0 Å². The van der Waals surface area contributed by atoms with Gasteiger partial charge >= 0.3 is 0 Å². The van der Waals surface area contributed by atoms with Crippen molar-refractivity contribution >= 4 is 0 Å². The first kappa shape index (κ1) is 9.02. The molecular weight excluding hydrogens is 170 g/mol. The first-order chi connectivity index (χ1) is 6.73. The van der Waals surface area contributed by atoms with Gasteiger partial charge in [-0.15, -0.1) is 6.58 Å². The van der Waals surface area contributed by atoms with Crippen LogP contribution >= 0.6 is 0 Å². The van der Waals surface area contributed by atoms with Crippen molar-refractivity contribution in [1.29, 1.82) is 5.26 Å². The second-order valence-electron chi connectivity index (χ2n) is 4.00. The van der Waals surface area contributed by atoms with Crippen LogP contribution in [-0.2, 0) is 5.41 Å². The van der Waals surface area contributed by atoms with Crippen LogP contribution in [0.2, 0.25) is 0 Å². The monoisotopic (exact) mass is 183 g/mol. The molecule has 70 valence electrons.